The number of benzene rings is 2. The number of anilines is 1. The minimum Gasteiger partial charge on any atom is -0.368 e. The van der Waals surface area contributed by atoms with Crippen molar-refractivity contribution in [1.82, 2.24) is 5.32 Å². The van der Waals surface area contributed by atoms with Crippen molar-refractivity contribution in [2.24, 2.45) is 0 Å². The molecule has 2 aromatic rings. The average molecular weight is 301 g/mol. The number of hydrogen-bond acceptors (Lipinski definition) is 2. The second-order valence-electron chi connectivity index (χ2n) is 5.93. The van der Waals surface area contributed by atoms with E-state index in [2.05, 4.69) is 60.5 Å². The fraction of sp³-hybridized carbons (Fsp3) is 0.333. The van der Waals surface area contributed by atoms with E-state index < -0.39 is 0 Å². The van der Waals surface area contributed by atoms with E-state index in [1.165, 1.54) is 11.3 Å². The first-order chi connectivity index (χ1) is 10.1. The molecule has 2 aromatic carbocycles. The third-order valence-electron chi connectivity index (χ3n) is 4.39. The zero-order valence-electron chi connectivity index (χ0n) is 12.6. The van der Waals surface area contributed by atoms with E-state index in [0.717, 1.165) is 30.2 Å². The van der Waals surface area contributed by atoms with Gasteiger partial charge in [0, 0.05) is 30.3 Å². The van der Waals surface area contributed by atoms with Gasteiger partial charge < -0.3 is 10.2 Å². The Morgan fingerprint density at radius 3 is 2.62 bits per heavy atom. The second-order valence-corrected chi connectivity index (χ2v) is 6.34. The maximum absolute atomic E-state index is 6.28. The van der Waals surface area contributed by atoms with Crippen molar-refractivity contribution in [2.45, 2.75) is 19.4 Å². The molecule has 2 nitrogen and oxygen atoms in total. The van der Waals surface area contributed by atoms with Crippen LogP contribution in [0.25, 0.3) is 0 Å². The van der Waals surface area contributed by atoms with Crippen molar-refractivity contribution in [2.75, 3.05) is 24.5 Å². The summed E-state index contributed by atoms with van der Waals surface area (Å²) in [5.74, 6) is 0. The summed E-state index contributed by atoms with van der Waals surface area (Å²) in [7, 11) is 0. The van der Waals surface area contributed by atoms with Gasteiger partial charge in [0.15, 0.2) is 0 Å². The molecule has 1 heterocycles. The molecule has 110 valence electrons. The number of hydrogen-bond donors (Lipinski definition) is 1. The highest BCUT2D eigenvalue weighted by atomic mass is 35.5. The van der Waals surface area contributed by atoms with Crippen LogP contribution in [0.1, 0.15) is 18.1 Å². The maximum Gasteiger partial charge on any atom is 0.0584 e. The molecule has 1 fully saturated rings. The molecule has 1 atom stereocenters. The molecule has 1 unspecified atom stereocenters. The molecular formula is C18H21ClN2. The zero-order valence-corrected chi connectivity index (χ0v) is 13.3. The standard InChI is InChI=1S/C18H21ClN2/c1-14-16(19)9-6-10-17(14)21-12-11-20-18(2,13-21)15-7-4-3-5-8-15/h3-10,20H,11-13H2,1-2H3. The lowest BCUT2D eigenvalue weighted by atomic mass is 9.89. The van der Waals surface area contributed by atoms with Crippen LogP contribution in [0.5, 0.6) is 0 Å². The van der Waals surface area contributed by atoms with E-state index >= 15 is 0 Å². The van der Waals surface area contributed by atoms with Crippen LogP contribution in [-0.4, -0.2) is 19.6 Å². The summed E-state index contributed by atoms with van der Waals surface area (Å²) >= 11 is 6.28. The van der Waals surface area contributed by atoms with Crippen molar-refractivity contribution in [3.05, 3.63) is 64.7 Å². The van der Waals surface area contributed by atoms with Gasteiger partial charge in [-0.25, -0.2) is 0 Å². The second kappa shape index (κ2) is 5.70. The summed E-state index contributed by atoms with van der Waals surface area (Å²) in [5.41, 5.74) is 3.70. The molecule has 1 N–H and O–H groups in total. The Bertz CT molecular complexity index is 626. The monoisotopic (exact) mass is 300 g/mol. The predicted octanol–water partition coefficient (Wildman–Crippen LogP) is 3.97. The third-order valence-corrected chi connectivity index (χ3v) is 4.80. The first-order valence-corrected chi connectivity index (χ1v) is 7.78. The molecule has 1 aliphatic rings. The van der Waals surface area contributed by atoms with Gasteiger partial charge >= 0.3 is 0 Å². The molecule has 3 rings (SSSR count). The van der Waals surface area contributed by atoms with E-state index in [-0.39, 0.29) is 5.54 Å². The number of rotatable bonds is 2. The van der Waals surface area contributed by atoms with E-state index in [0.29, 0.717) is 0 Å². The van der Waals surface area contributed by atoms with Crippen LogP contribution < -0.4 is 10.2 Å². The van der Waals surface area contributed by atoms with Crippen LogP contribution >= 0.6 is 11.6 Å². The summed E-state index contributed by atoms with van der Waals surface area (Å²) in [6.07, 6.45) is 0. The van der Waals surface area contributed by atoms with Crippen LogP contribution in [0.3, 0.4) is 0 Å². The number of piperazine rings is 1. The summed E-state index contributed by atoms with van der Waals surface area (Å²) in [4.78, 5) is 2.44. The highest BCUT2D eigenvalue weighted by molar-refractivity contribution is 6.31. The van der Waals surface area contributed by atoms with Crippen molar-refractivity contribution in [1.29, 1.82) is 0 Å². The highest BCUT2D eigenvalue weighted by Crippen LogP contribution is 2.31. The largest absolute Gasteiger partial charge is 0.368 e. The van der Waals surface area contributed by atoms with Crippen LogP contribution in [-0.2, 0) is 5.54 Å². The van der Waals surface area contributed by atoms with Gasteiger partial charge in [0.05, 0.1) is 5.54 Å². The Balaban J connectivity index is 1.91. The Morgan fingerprint density at radius 2 is 1.86 bits per heavy atom. The van der Waals surface area contributed by atoms with Crippen LogP contribution in [0.15, 0.2) is 48.5 Å². The van der Waals surface area contributed by atoms with Crippen molar-refractivity contribution in [3.63, 3.8) is 0 Å². The van der Waals surface area contributed by atoms with Gasteiger partial charge in [-0.2, -0.15) is 0 Å². The van der Waals surface area contributed by atoms with Gasteiger partial charge in [0.25, 0.3) is 0 Å². The van der Waals surface area contributed by atoms with Gasteiger partial charge in [0.1, 0.15) is 0 Å². The predicted molar refractivity (Wildman–Crippen MR) is 90.2 cm³/mol. The minimum absolute atomic E-state index is 0.0335. The molecule has 0 aliphatic carbocycles. The highest BCUT2D eigenvalue weighted by Gasteiger charge is 2.32. The van der Waals surface area contributed by atoms with Crippen molar-refractivity contribution >= 4 is 17.3 Å². The van der Waals surface area contributed by atoms with E-state index in [4.69, 9.17) is 11.6 Å². The maximum atomic E-state index is 6.28. The fourth-order valence-electron chi connectivity index (χ4n) is 3.13. The molecule has 21 heavy (non-hydrogen) atoms. The Hall–Kier alpha value is -1.51. The van der Waals surface area contributed by atoms with E-state index in [1.54, 1.807) is 0 Å². The molecule has 1 aliphatic heterocycles. The molecule has 0 aromatic heterocycles. The summed E-state index contributed by atoms with van der Waals surface area (Å²) in [5, 5.41) is 4.51. The lowest BCUT2D eigenvalue weighted by Crippen LogP contribution is -2.57. The van der Waals surface area contributed by atoms with Gasteiger partial charge in [-0.1, -0.05) is 48.0 Å². The zero-order chi connectivity index (χ0) is 14.9. The summed E-state index contributed by atoms with van der Waals surface area (Å²) < 4.78 is 0. The van der Waals surface area contributed by atoms with Crippen LogP contribution in [0, 0.1) is 6.92 Å². The fourth-order valence-corrected chi connectivity index (χ4v) is 3.30. The minimum atomic E-state index is -0.0335. The average Bonchev–Trinajstić information content (AvgIpc) is 2.51. The number of nitrogens with one attached hydrogen (secondary N) is 1. The lowest BCUT2D eigenvalue weighted by molar-refractivity contribution is 0.332. The Kier molecular flexibility index (Phi) is 3.92. The normalized spacial score (nSPS) is 22.3. The van der Waals surface area contributed by atoms with Gasteiger partial charge in [-0.15, -0.1) is 0 Å². The smallest absolute Gasteiger partial charge is 0.0584 e. The van der Waals surface area contributed by atoms with Gasteiger partial charge in [-0.05, 0) is 37.1 Å². The van der Waals surface area contributed by atoms with Crippen molar-refractivity contribution < 1.29 is 0 Å². The van der Waals surface area contributed by atoms with Gasteiger partial charge in [-0.3, -0.25) is 0 Å². The quantitative estimate of drug-likeness (QED) is 0.902. The summed E-state index contributed by atoms with van der Waals surface area (Å²) in [6.45, 7) is 7.28. The molecule has 3 heteroatoms. The SMILES string of the molecule is Cc1c(Cl)cccc1N1CCNC(C)(c2ccccc2)C1. The summed E-state index contributed by atoms with van der Waals surface area (Å²) in [6, 6.07) is 16.8. The molecule has 1 saturated heterocycles. The number of nitrogens with zero attached hydrogens (tertiary/aromatic N) is 1. The van der Waals surface area contributed by atoms with Crippen LogP contribution in [0.2, 0.25) is 5.02 Å². The molecule has 0 spiro atoms. The molecular weight excluding hydrogens is 280 g/mol. The lowest BCUT2D eigenvalue weighted by Gasteiger charge is -2.43. The van der Waals surface area contributed by atoms with Crippen LogP contribution in [0.4, 0.5) is 5.69 Å². The van der Waals surface area contributed by atoms with Gasteiger partial charge in [0.2, 0.25) is 0 Å². The number of halogens is 1. The molecule has 0 bridgehead atoms. The molecule has 0 radical (unpaired) electrons. The van der Waals surface area contributed by atoms with E-state index in [1.807, 2.05) is 12.1 Å². The Labute approximate surface area is 131 Å². The van der Waals surface area contributed by atoms with E-state index in [9.17, 15) is 0 Å². The third kappa shape index (κ3) is 2.78. The molecule has 0 saturated carbocycles. The first-order valence-electron chi connectivity index (χ1n) is 7.41. The first kappa shape index (κ1) is 14.4. The topological polar surface area (TPSA) is 15.3 Å². The molecule has 0 amide bonds. The van der Waals surface area contributed by atoms with Crippen molar-refractivity contribution in [3.8, 4) is 0 Å². The Morgan fingerprint density at radius 1 is 1.10 bits per heavy atom.